The molecular weight excluding hydrogens is 1520 g/mol. The Labute approximate surface area is 698 Å². The van der Waals surface area contributed by atoms with Crippen LogP contribution in [-0.2, 0) is 76.7 Å². The molecule has 664 valence electrons. The molecule has 3 saturated heterocycles. The van der Waals surface area contributed by atoms with Crippen LogP contribution in [0.3, 0.4) is 0 Å². The van der Waals surface area contributed by atoms with Crippen LogP contribution < -0.4 is 69.1 Å². The van der Waals surface area contributed by atoms with Gasteiger partial charge in [0.25, 0.3) is 0 Å². The SMILES string of the molecule is CC[C@](C)(NC(=O)[C@H](CC(C)C)NC(=O)CNC(=O)C(C)(C)NC(=O)[C@@H]1CCCCN1C(=O)[C@](C)(CC)NC(=O)C1(NC(=O)CNC(=O)CCNC(=O)[C@H](CC(C)C)NC(=O)[C@](C)(CC)NC(=O)[C@](C)(CC)NC(=O)[C@@H]2CCCCN2C(=O)C(C)(C)NC(=O)[C@@H]2CCCCN2C(C)=O)CC1)C(=O)N[C@@H](CC(C)C)CN1CCC[N+]2=C1CCC2. The van der Waals surface area contributed by atoms with E-state index in [0.717, 1.165) is 58.2 Å². The Kier molecular flexibility index (Phi) is 35.0. The van der Waals surface area contributed by atoms with E-state index in [4.69, 9.17) is 0 Å². The number of nitrogens with zero attached hydrogens (tertiary/aromatic N) is 5. The average molecular weight is 1660 g/mol. The average Bonchev–Trinajstić information content (AvgIpc) is 1.58. The van der Waals surface area contributed by atoms with Crippen molar-refractivity contribution in [2.45, 2.75) is 348 Å². The van der Waals surface area contributed by atoms with Gasteiger partial charge in [0.05, 0.1) is 45.2 Å². The first-order valence-electron chi connectivity index (χ1n) is 43.4. The van der Waals surface area contributed by atoms with Crippen LogP contribution in [0.4, 0.5) is 0 Å². The van der Waals surface area contributed by atoms with Gasteiger partial charge < -0.3 is 83.8 Å². The molecule has 0 unspecified atom stereocenters. The van der Waals surface area contributed by atoms with E-state index in [1.807, 2.05) is 34.6 Å². The summed E-state index contributed by atoms with van der Waals surface area (Å²) in [5.41, 5.74) is -10.6. The molecule has 10 atom stereocenters. The summed E-state index contributed by atoms with van der Waals surface area (Å²) >= 11 is 0. The molecule has 0 spiro atoms. The number of hydrogen-bond acceptors (Lipinski definition) is 17. The predicted octanol–water partition coefficient (Wildman–Crippen LogP) is 1.97. The zero-order valence-electron chi connectivity index (χ0n) is 74.1. The van der Waals surface area contributed by atoms with Crippen LogP contribution >= 0.6 is 0 Å². The zero-order chi connectivity index (χ0) is 88.2. The Bertz CT molecular complexity index is 3710. The number of hydrogen-bond donors (Lipinski definition) is 13. The summed E-state index contributed by atoms with van der Waals surface area (Å²) in [4.78, 5) is 230. The Morgan fingerprint density at radius 3 is 1.45 bits per heavy atom. The van der Waals surface area contributed by atoms with Gasteiger partial charge in [-0.05, 0) is 195 Å². The molecular formula is C84H143N18O16+. The molecule has 1 saturated carbocycles. The quantitative estimate of drug-likeness (QED) is 0.0389. The van der Waals surface area contributed by atoms with Crippen LogP contribution in [0.2, 0.25) is 0 Å². The highest BCUT2D eigenvalue weighted by molar-refractivity contribution is 6.03. The molecule has 16 amide bonds. The zero-order valence-corrected chi connectivity index (χ0v) is 74.1. The molecule has 34 nitrogen and oxygen atoms in total. The van der Waals surface area contributed by atoms with Crippen LogP contribution in [0.5, 0.6) is 0 Å². The van der Waals surface area contributed by atoms with E-state index in [9.17, 15) is 76.7 Å². The fourth-order valence-corrected chi connectivity index (χ4v) is 16.1. The van der Waals surface area contributed by atoms with Crippen molar-refractivity contribution in [3.8, 4) is 0 Å². The summed E-state index contributed by atoms with van der Waals surface area (Å²) in [6.45, 7) is 35.3. The Hall–Kier alpha value is -9.01. The van der Waals surface area contributed by atoms with Crippen molar-refractivity contribution in [1.29, 1.82) is 0 Å². The van der Waals surface area contributed by atoms with E-state index in [0.29, 0.717) is 51.1 Å². The van der Waals surface area contributed by atoms with Crippen LogP contribution in [-0.4, -0.2) is 265 Å². The lowest BCUT2D eigenvalue weighted by Gasteiger charge is -2.42. The molecule has 5 heterocycles. The normalized spacial score (nSPS) is 20.9. The third-order valence-electron chi connectivity index (χ3n) is 24.4. The second-order valence-corrected chi connectivity index (χ2v) is 36.7. The van der Waals surface area contributed by atoms with E-state index >= 15 is 0 Å². The molecule has 0 aromatic heterocycles. The number of carbonyl (C=O) groups is 16. The van der Waals surface area contributed by atoms with Crippen molar-refractivity contribution < 1.29 is 81.3 Å². The molecule has 0 aromatic carbocycles. The van der Waals surface area contributed by atoms with Crippen molar-refractivity contribution >= 4 is 100 Å². The van der Waals surface area contributed by atoms with E-state index in [1.54, 1.807) is 41.5 Å². The predicted molar refractivity (Wildman–Crippen MR) is 444 cm³/mol. The van der Waals surface area contributed by atoms with Crippen LogP contribution in [0.1, 0.15) is 273 Å². The third kappa shape index (κ3) is 26.2. The van der Waals surface area contributed by atoms with Gasteiger partial charge in [0, 0.05) is 45.9 Å². The molecule has 4 fully saturated rings. The standard InChI is InChI=1S/C84H142N18O16/c1-20-80(16,72(113)88-56(46-52(5)6)51-99-42-31-41-98-40-30-35-65(98)99)94-67(108)58(48-54(9)10)89-63(105)49-87-71(112)78(12,13)92-69(110)60-33-26-29-45-102(60)77(118)83(19,23-4)97-75(116)84(37-38-84)91-64(106)50-86-62(104)36-39-85-66(107)57(47-53(7)8)90-73(114)81(17,21-2)96-74(115)82(18,22-3)95-70(111)61-34-25-28-44-101(61)76(117)79(14,15)93-68(109)59-32-24-27-43-100(59)55(11)103/h52-54,56-61H,20-51H2,1-19H3,(H12-,85,86,87,88,89,90,91,92,93,94,95,96,97,104,105,106,107,108,109,110,111,112,113,114,115,116)/p+1/t56-,57-,58-,59-,60-,61-,80-,81-,82-,83-/m0/s1. The van der Waals surface area contributed by atoms with Crippen molar-refractivity contribution in [1.82, 2.24) is 88.7 Å². The van der Waals surface area contributed by atoms with Gasteiger partial charge in [0.15, 0.2) is 0 Å². The number of likely N-dealkylation sites (tertiary alicyclic amines) is 3. The van der Waals surface area contributed by atoms with Gasteiger partial charge >= 0.3 is 0 Å². The summed E-state index contributed by atoms with van der Waals surface area (Å²) in [7, 11) is 0. The highest BCUT2D eigenvalue weighted by Crippen LogP contribution is 2.37. The molecule has 0 aromatic rings. The molecule has 13 N–H and O–H groups in total. The van der Waals surface area contributed by atoms with Crippen LogP contribution in [0.25, 0.3) is 0 Å². The second kappa shape index (κ2) is 42.3. The minimum Gasteiger partial charge on any atom is -0.354 e. The monoisotopic (exact) mass is 1660 g/mol. The second-order valence-electron chi connectivity index (χ2n) is 36.7. The number of piperidine rings is 3. The third-order valence-corrected chi connectivity index (χ3v) is 24.4. The summed E-state index contributed by atoms with van der Waals surface area (Å²) in [5.74, 6) is -7.91. The smallest absolute Gasteiger partial charge is 0.248 e. The summed E-state index contributed by atoms with van der Waals surface area (Å²) in [5, 5.41) is 36.3. The summed E-state index contributed by atoms with van der Waals surface area (Å²) in [6.07, 6.45) is 9.66. The maximum Gasteiger partial charge on any atom is 0.248 e. The summed E-state index contributed by atoms with van der Waals surface area (Å²) in [6, 6.07) is -5.16. The Balaban J connectivity index is 0.958. The first kappa shape index (κ1) is 97.8. The van der Waals surface area contributed by atoms with Crippen molar-refractivity contribution in [3.05, 3.63) is 0 Å². The Morgan fingerprint density at radius 1 is 0.441 bits per heavy atom. The van der Waals surface area contributed by atoms with Crippen LogP contribution in [0.15, 0.2) is 0 Å². The lowest BCUT2D eigenvalue weighted by Crippen LogP contribution is -2.68. The molecule has 0 bridgehead atoms. The highest BCUT2D eigenvalue weighted by Gasteiger charge is 2.55. The molecule has 5 aliphatic heterocycles. The molecule has 0 radical (unpaired) electrons. The van der Waals surface area contributed by atoms with Crippen molar-refractivity contribution in [2.75, 3.05) is 65.4 Å². The lowest BCUT2D eigenvalue weighted by molar-refractivity contribution is -0.530. The highest BCUT2D eigenvalue weighted by atomic mass is 16.2. The topological polar surface area (TPSA) is 445 Å². The van der Waals surface area contributed by atoms with E-state index < -0.39 is 165 Å². The summed E-state index contributed by atoms with van der Waals surface area (Å²) < 4.78 is 2.44. The minimum absolute atomic E-state index is 0.0528. The molecule has 6 rings (SSSR count). The molecule has 1 aliphatic carbocycles. The number of nitrogens with one attached hydrogen (secondary N) is 13. The lowest BCUT2D eigenvalue weighted by atomic mass is 9.90. The fourth-order valence-electron chi connectivity index (χ4n) is 16.1. The van der Waals surface area contributed by atoms with Crippen molar-refractivity contribution in [3.63, 3.8) is 0 Å². The van der Waals surface area contributed by atoms with Crippen molar-refractivity contribution in [2.24, 2.45) is 17.8 Å². The molecule has 34 heteroatoms. The molecule has 118 heavy (non-hydrogen) atoms. The Morgan fingerprint density at radius 2 is 0.915 bits per heavy atom. The first-order chi connectivity index (χ1) is 55.2. The van der Waals surface area contributed by atoms with Gasteiger partial charge in [-0.2, -0.15) is 0 Å². The van der Waals surface area contributed by atoms with Gasteiger partial charge in [0.2, 0.25) is 100 Å². The number of amidine groups is 1. The van der Waals surface area contributed by atoms with E-state index in [1.165, 1.54) is 62.1 Å². The first-order valence-corrected chi connectivity index (χ1v) is 43.4. The number of rotatable bonds is 41. The maximum absolute atomic E-state index is 14.7. The number of amides is 16. The van der Waals surface area contributed by atoms with Crippen LogP contribution in [0, 0.1) is 17.8 Å². The van der Waals surface area contributed by atoms with Gasteiger partial charge in [0.1, 0.15) is 75.5 Å². The molecule has 6 aliphatic rings. The van der Waals surface area contributed by atoms with Gasteiger partial charge in [-0.25, -0.2) is 0 Å². The van der Waals surface area contributed by atoms with Gasteiger partial charge in [-0.15, -0.1) is 0 Å². The minimum atomic E-state index is -1.62. The fraction of sp³-hybridized carbons (Fsp3) is 0.798. The van der Waals surface area contributed by atoms with Gasteiger partial charge in [-0.1, -0.05) is 69.2 Å². The largest absolute Gasteiger partial charge is 0.354 e. The maximum atomic E-state index is 14.7. The van der Waals surface area contributed by atoms with Gasteiger partial charge in [-0.3, -0.25) is 86.2 Å². The van der Waals surface area contributed by atoms with E-state index in [-0.39, 0.29) is 120 Å². The van der Waals surface area contributed by atoms with E-state index in [2.05, 4.69) is 92.4 Å². The number of carbonyl (C=O) groups excluding carboxylic acids is 16.